The smallest absolute Gasteiger partial charge is 0.228 e. The minimum Gasteiger partial charge on any atom is -0.385 e. The highest BCUT2D eigenvalue weighted by Gasteiger charge is 2.51. The van der Waals surface area contributed by atoms with Crippen molar-refractivity contribution in [2.24, 2.45) is 5.41 Å². The maximum absolute atomic E-state index is 12.9. The summed E-state index contributed by atoms with van der Waals surface area (Å²) in [5, 5.41) is 3.98. The summed E-state index contributed by atoms with van der Waals surface area (Å²) >= 11 is 0. The van der Waals surface area contributed by atoms with Gasteiger partial charge in [0.2, 0.25) is 11.8 Å². The van der Waals surface area contributed by atoms with E-state index < -0.39 is 0 Å². The van der Waals surface area contributed by atoms with Gasteiger partial charge in [0.1, 0.15) is 0 Å². The fraction of sp³-hybridized carbons (Fsp3) is 0.833. The molecule has 0 spiro atoms. The van der Waals surface area contributed by atoms with Crippen LogP contribution < -0.4 is 0 Å². The number of methoxy groups -OCH3 is 1. The zero-order valence-corrected chi connectivity index (χ0v) is 15.7. The van der Waals surface area contributed by atoms with Crippen LogP contribution in [0.15, 0.2) is 4.52 Å². The fourth-order valence-electron chi connectivity index (χ4n) is 3.83. The second-order valence-corrected chi connectivity index (χ2v) is 7.54. The van der Waals surface area contributed by atoms with E-state index in [2.05, 4.69) is 27.0 Å². The Morgan fingerprint density at radius 1 is 1.40 bits per heavy atom. The normalized spacial score (nSPS) is 22.9. The molecule has 140 valence electrons. The van der Waals surface area contributed by atoms with Crippen LogP contribution in [0.4, 0.5) is 0 Å². The number of hydrogen-bond acceptors (Lipinski definition) is 6. The molecule has 2 aliphatic rings. The number of ether oxygens (including phenoxy) is 1. The molecule has 1 saturated carbocycles. The Morgan fingerprint density at radius 3 is 2.84 bits per heavy atom. The van der Waals surface area contributed by atoms with Crippen molar-refractivity contribution in [2.45, 2.75) is 58.0 Å². The van der Waals surface area contributed by atoms with Crippen LogP contribution >= 0.6 is 0 Å². The fourth-order valence-corrected chi connectivity index (χ4v) is 3.83. The average molecular weight is 350 g/mol. The van der Waals surface area contributed by atoms with E-state index in [4.69, 9.17) is 9.26 Å². The second kappa shape index (κ2) is 7.83. The van der Waals surface area contributed by atoms with Crippen molar-refractivity contribution in [3.8, 4) is 0 Å². The average Bonchev–Trinajstić information content (AvgIpc) is 3.34. The van der Waals surface area contributed by atoms with Gasteiger partial charge >= 0.3 is 0 Å². The largest absolute Gasteiger partial charge is 0.385 e. The van der Waals surface area contributed by atoms with E-state index in [9.17, 15) is 4.79 Å². The molecule has 0 unspecified atom stereocenters. The predicted molar refractivity (Wildman–Crippen MR) is 92.9 cm³/mol. The van der Waals surface area contributed by atoms with Crippen molar-refractivity contribution in [2.75, 3.05) is 33.9 Å². The maximum Gasteiger partial charge on any atom is 0.228 e. The van der Waals surface area contributed by atoms with E-state index in [1.54, 1.807) is 7.11 Å². The van der Waals surface area contributed by atoms with Crippen molar-refractivity contribution >= 4 is 5.91 Å². The first-order valence-electron chi connectivity index (χ1n) is 9.32. The van der Waals surface area contributed by atoms with E-state index in [-0.39, 0.29) is 5.41 Å². The molecule has 7 heteroatoms. The quantitative estimate of drug-likeness (QED) is 0.749. The van der Waals surface area contributed by atoms with Crippen LogP contribution in [-0.4, -0.2) is 65.7 Å². The van der Waals surface area contributed by atoms with Crippen LogP contribution in [0.1, 0.15) is 50.2 Å². The number of aryl methyl sites for hydroxylation is 1. The van der Waals surface area contributed by atoms with Crippen LogP contribution in [0, 0.1) is 12.3 Å². The zero-order valence-electron chi connectivity index (χ0n) is 15.7. The van der Waals surface area contributed by atoms with Gasteiger partial charge in [0, 0.05) is 39.8 Å². The SMILES string of the molecule is COCCC1(C(=O)N2CCC[C@@H](N(C)Cc3noc(C)n3)CC2)CC1. The summed E-state index contributed by atoms with van der Waals surface area (Å²) in [6.07, 6.45) is 6.05. The van der Waals surface area contributed by atoms with Gasteiger partial charge < -0.3 is 14.2 Å². The molecule has 0 N–H and O–H groups in total. The highest BCUT2D eigenvalue weighted by atomic mass is 16.5. The molecule has 0 radical (unpaired) electrons. The number of nitrogens with zero attached hydrogens (tertiary/aromatic N) is 4. The van der Waals surface area contributed by atoms with Gasteiger partial charge in [-0.05, 0) is 45.6 Å². The first-order chi connectivity index (χ1) is 12.0. The third-order valence-corrected chi connectivity index (χ3v) is 5.66. The molecule has 0 bridgehead atoms. The van der Waals surface area contributed by atoms with Gasteiger partial charge in [-0.15, -0.1) is 0 Å². The summed E-state index contributed by atoms with van der Waals surface area (Å²) in [5.41, 5.74) is -0.121. The van der Waals surface area contributed by atoms with Crippen molar-refractivity contribution in [1.82, 2.24) is 19.9 Å². The van der Waals surface area contributed by atoms with Gasteiger partial charge in [-0.25, -0.2) is 0 Å². The molecule has 1 aromatic rings. The third kappa shape index (κ3) is 4.39. The standard InChI is InChI=1S/C18H30N4O3/c1-14-19-16(20-25-14)13-21(2)15-5-4-10-22(11-6-15)17(23)18(7-8-18)9-12-24-3/h15H,4-13H2,1-3H3/t15-/m1/s1. The summed E-state index contributed by atoms with van der Waals surface area (Å²) < 4.78 is 10.2. The zero-order chi connectivity index (χ0) is 17.9. The first kappa shape index (κ1) is 18.3. The molecule has 1 saturated heterocycles. The Labute approximate surface area is 149 Å². The molecule has 1 atom stereocenters. The van der Waals surface area contributed by atoms with Crippen molar-refractivity contribution in [1.29, 1.82) is 0 Å². The minimum absolute atomic E-state index is 0.121. The molecular formula is C18H30N4O3. The number of hydrogen-bond donors (Lipinski definition) is 0. The van der Waals surface area contributed by atoms with E-state index in [0.29, 0.717) is 31.0 Å². The van der Waals surface area contributed by atoms with E-state index in [1.165, 1.54) is 0 Å². The molecular weight excluding hydrogens is 320 g/mol. The summed E-state index contributed by atoms with van der Waals surface area (Å²) in [6.45, 7) is 4.89. The topological polar surface area (TPSA) is 71.7 Å². The molecule has 1 aliphatic carbocycles. The Balaban J connectivity index is 1.52. The molecule has 25 heavy (non-hydrogen) atoms. The molecule has 2 fully saturated rings. The van der Waals surface area contributed by atoms with Crippen molar-refractivity contribution < 1.29 is 14.1 Å². The molecule has 2 heterocycles. The van der Waals surface area contributed by atoms with Gasteiger partial charge in [-0.1, -0.05) is 5.16 Å². The number of carbonyl (C=O) groups is 1. The number of aromatic nitrogens is 2. The second-order valence-electron chi connectivity index (χ2n) is 7.54. The Hall–Kier alpha value is -1.47. The van der Waals surface area contributed by atoms with Gasteiger partial charge in [0.05, 0.1) is 12.0 Å². The maximum atomic E-state index is 12.9. The Morgan fingerprint density at radius 2 is 2.20 bits per heavy atom. The lowest BCUT2D eigenvalue weighted by molar-refractivity contribution is -0.137. The molecule has 1 amide bonds. The lowest BCUT2D eigenvalue weighted by Gasteiger charge is -2.27. The van der Waals surface area contributed by atoms with E-state index in [0.717, 1.165) is 57.4 Å². The Kier molecular flexibility index (Phi) is 5.74. The number of rotatable bonds is 7. The van der Waals surface area contributed by atoms with Crippen molar-refractivity contribution in [3.63, 3.8) is 0 Å². The molecule has 3 rings (SSSR count). The van der Waals surface area contributed by atoms with Crippen LogP contribution in [0.5, 0.6) is 0 Å². The van der Waals surface area contributed by atoms with Crippen LogP contribution in [0.25, 0.3) is 0 Å². The molecule has 0 aromatic carbocycles. The van der Waals surface area contributed by atoms with Gasteiger partial charge in [-0.3, -0.25) is 9.69 Å². The van der Waals surface area contributed by atoms with Gasteiger partial charge in [0.25, 0.3) is 0 Å². The van der Waals surface area contributed by atoms with Crippen LogP contribution in [-0.2, 0) is 16.1 Å². The van der Waals surface area contributed by atoms with Gasteiger partial charge in [-0.2, -0.15) is 4.98 Å². The van der Waals surface area contributed by atoms with E-state index >= 15 is 0 Å². The third-order valence-electron chi connectivity index (χ3n) is 5.66. The summed E-state index contributed by atoms with van der Waals surface area (Å²) in [7, 11) is 3.81. The Bertz CT molecular complexity index is 585. The van der Waals surface area contributed by atoms with Gasteiger partial charge in [0.15, 0.2) is 5.82 Å². The van der Waals surface area contributed by atoms with Crippen LogP contribution in [0.2, 0.25) is 0 Å². The summed E-state index contributed by atoms with van der Waals surface area (Å²) in [6, 6.07) is 0.450. The first-order valence-corrected chi connectivity index (χ1v) is 9.32. The summed E-state index contributed by atoms with van der Waals surface area (Å²) in [4.78, 5) is 21.6. The number of likely N-dealkylation sites (tertiary alicyclic amines) is 1. The van der Waals surface area contributed by atoms with Crippen molar-refractivity contribution in [3.05, 3.63) is 11.7 Å². The lowest BCUT2D eigenvalue weighted by atomic mass is 10.0. The molecule has 1 aliphatic heterocycles. The van der Waals surface area contributed by atoms with Crippen LogP contribution in [0.3, 0.4) is 0 Å². The van der Waals surface area contributed by atoms with E-state index in [1.807, 2.05) is 6.92 Å². The highest BCUT2D eigenvalue weighted by Crippen LogP contribution is 2.50. The number of amides is 1. The monoisotopic (exact) mass is 350 g/mol. The lowest BCUT2D eigenvalue weighted by Crippen LogP contribution is -2.39. The molecule has 1 aromatic heterocycles. The highest BCUT2D eigenvalue weighted by molar-refractivity contribution is 5.85. The number of carbonyl (C=O) groups excluding carboxylic acids is 1. The molecule has 7 nitrogen and oxygen atoms in total. The summed E-state index contributed by atoms with van der Waals surface area (Å²) in [5.74, 6) is 1.68. The predicted octanol–water partition coefficient (Wildman–Crippen LogP) is 2.01. The minimum atomic E-state index is -0.121.